The number of thiophene rings is 1. The highest BCUT2D eigenvalue weighted by Gasteiger charge is 2.24. The minimum absolute atomic E-state index is 0.0424. The number of imide groups is 1. The predicted octanol–water partition coefficient (Wildman–Crippen LogP) is 1.63. The molecule has 2 rings (SSSR count). The van der Waals surface area contributed by atoms with E-state index in [0.717, 1.165) is 9.18 Å². The summed E-state index contributed by atoms with van der Waals surface area (Å²) < 4.78 is 30.3. The van der Waals surface area contributed by atoms with E-state index < -0.39 is 41.1 Å². The lowest BCUT2D eigenvalue weighted by molar-refractivity contribution is -0.148. The van der Waals surface area contributed by atoms with Crippen LogP contribution in [0.2, 0.25) is 5.02 Å². The Kier molecular flexibility index (Phi) is 8.78. The summed E-state index contributed by atoms with van der Waals surface area (Å²) in [5.41, 5.74) is 0. The van der Waals surface area contributed by atoms with Crippen LogP contribution in [0.5, 0.6) is 0 Å². The summed E-state index contributed by atoms with van der Waals surface area (Å²) in [4.78, 5) is 36.2. The number of sulfonamides is 1. The van der Waals surface area contributed by atoms with Crippen molar-refractivity contribution < 1.29 is 27.5 Å². The maximum Gasteiger partial charge on any atom is 0.321 e. The lowest BCUT2D eigenvalue weighted by Crippen LogP contribution is -2.42. The molecule has 9 nitrogen and oxygen atoms in total. The summed E-state index contributed by atoms with van der Waals surface area (Å²) in [5, 5.41) is 6.83. The molecule has 1 heterocycles. The van der Waals surface area contributed by atoms with Crippen molar-refractivity contribution in [3.05, 3.63) is 51.7 Å². The smallest absolute Gasteiger partial charge is 0.321 e. The summed E-state index contributed by atoms with van der Waals surface area (Å²) >= 11 is 7.29. The first-order chi connectivity index (χ1) is 14.2. The number of likely N-dealkylation sites (N-methyl/N-ethyl adjacent to an activating group) is 1. The first-order valence-electron chi connectivity index (χ1n) is 8.66. The van der Waals surface area contributed by atoms with Gasteiger partial charge < -0.3 is 10.1 Å². The van der Waals surface area contributed by atoms with E-state index in [1.807, 2.05) is 22.8 Å². The Labute approximate surface area is 183 Å². The summed E-state index contributed by atoms with van der Waals surface area (Å²) in [7, 11) is -2.73. The molecule has 1 aromatic carbocycles. The molecule has 0 bridgehead atoms. The Morgan fingerprint density at radius 1 is 1.17 bits per heavy atom. The molecule has 0 radical (unpaired) electrons. The highest BCUT2D eigenvalue weighted by Crippen LogP contribution is 2.17. The Morgan fingerprint density at radius 2 is 1.87 bits per heavy atom. The van der Waals surface area contributed by atoms with Crippen LogP contribution < -0.4 is 10.6 Å². The first-order valence-corrected chi connectivity index (χ1v) is 11.4. The highest BCUT2D eigenvalue weighted by atomic mass is 35.5. The molecule has 0 saturated heterocycles. The molecule has 3 amide bonds. The molecular formula is C18H20ClN3O6S2. The molecule has 0 spiro atoms. The maximum atomic E-state index is 12.4. The Hall–Kier alpha value is -2.47. The van der Waals surface area contributed by atoms with Crippen molar-refractivity contribution in [1.82, 2.24) is 14.9 Å². The van der Waals surface area contributed by atoms with Gasteiger partial charge in [-0.05, 0) is 42.1 Å². The normalized spacial score (nSPS) is 11.2. The molecule has 1 aromatic heterocycles. The zero-order chi connectivity index (χ0) is 22.1. The average Bonchev–Trinajstić information content (AvgIpc) is 3.20. The van der Waals surface area contributed by atoms with E-state index in [9.17, 15) is 22.8 Å². The summed E-state index contributed by atoms with van der Waals surface area (Å²) in [6.07, 6.45) is 0.628. The molecule has 2 N–H and O–H groups in total. The van der Waals surface area contributed by atoms with Crippen LogP contribution in [0.25, 0.3) is 0 Å². The van der Waals surface area contributed by atoms with Gasteiger partial charge in [0.2, 0.25) is 10.0 Å². The van der Waals surface area contributed by atoms with Crippen molar-refractivity contribution in [2.45, 2.75) is 11.3 Å². The molecule has 162 valence electrons. The molecule has 0 saturated carbocycles. The summed E-state index contributed by atoms with van der Waals surface area (Å²) in [6, 6.07) is 8.56. The van der Waals surface area contributed by atoms with Crippen molar-refractivity contribution in [2.24, 2.45) is 0 Å². The molecule has 0 unspecified atom stereocenters. The topological polar surface area (TPSA) is 122 Å². The summed E-state index contributed by atoms with van der Waals surface area (Å²) in [6.45, 7) is -0.982. The van der Waals surface area contributed by atoms with E-state index in [4.69, 9.17) is 16.3 Å². The van der Waals surface area contributed by atoms with Gasteiger partial charge in [-0.1, -0.05) is 17.7 Å². The van der Waals surface area contributed by atoms with E-state index >= 15 is 0 Å². The van der Waals surface area contributed by atoms with Gasteiger partial charge >= 0.3 is 12.0 Å². The third kappa shape index (κ3) is 7.41. The molecule has 30 heavy (non-hydrogen) atoms. The van der Waals surface area contributed by atoms with Crippen molar-refractivity contribution in [3.63, 3.8) is 0 Å². The van der Waals surface area contributed by atoms with Gasteiger partial charge in [0.1, 0.15) is 6.54 Å². The Morgan fingerprint density at radius 3 is 2.50 bits per heavy atom. The molecular weight excluding hydrogens is 454 g/mol. The van der Waals surface area contributed by atoms with E-state index in [1.165, 1.54) is 31.3 Å². The van der Waals surface area contributed by atoms with Crippen LogP contribution >= 0.6 is 22.9 Å². The number of carbonyl (C=O) groups is 3. The van der Waals surface area contributed by atoms with E-state index in [-0.39, 0.29) is 4.90 Å². The molecule has 0 fully saturated rings. The van der Waals surface area contributed by atoms with Crippen LogP contribution in [0.1, 0.15) is 4.88 Å². The van der Waals surface area contributed by atoms with Gasteiger partial charge in [-0.2, -0.15) is 4.31 Å². The third-order valence-electron chi connectivity index (χ3n) is 3.73. The van der Waals surface area contributed by atoms with Gasteiger partial charge in [-0.25, -0.2) is 13.2 Å². The van der Waals surface area contributed by atoms with E-state index in [2.05, 4.69) is 5.32 Å². The van der Waals surface area contributed by atoms with Crippen LogP contribution in [-0.2, 0) is 30.8 Å². The fraction of sp³-hybridized carbons (Fsp3) is 0.278. The average molecular weight is 474 g/mol. The number of halogens is 1. The Balaban J connectivity index is 1.71. The second-order valence-corrected chi connectivity index (χ2v) is 9.52. The van der Waals surface area contributed by atoms with E-state index in [1.54, 1.807) is 11.3 Å². The van der Waals surface area contributed by atoms with Gasteiger partial charge in [0.25, 0.3) is 5.91 Å². The molecule has 2 aromatic rings. The van der Waals surface area contributed by atoms with Gasteiger partial charge in [-0.3, -0.25) is 14.9 Å². The second kappa shape index (κ2) is 11.1. The zero-order valence-electron chi connectivity index (χ0n) is 16.0. The highest BCUT2D eigenvalue weighted by molar-refractivity contribution is 7.89. The van der Waals surface area contributed by atoms with E-state index in [0.29, 0.717) is 18.0 Å². The molecule has 0 atom stereocenters. The lowest BCUT2D eigenvalue weighted by atomic mass is 10.3. The molecule has 0 aliphatic rings. The van der Waals surface area contributed by atoms with Gasteiger partial charge in [0, 0.05) is 23.5 Å². The number of amides is 3. The number of hydrogen-bond donors (Lipinski definition) is 2. The molecule has 12 heteroatoms. The number of nitrogens with one attached hydrogen (secondary N) is 2. The van der Waals surface area contributed by atoms with Gasteiger partial charge in [0.15, 0.2) is 6.61 Å². The largest absolute Gasteiger partial charge is 0.455 e. The number of esters is 1. The number of hydrogen-bond acceptors (Lipinski definition) is 7. The zero-order valence-corrected chi connectivity index (χ0v) is 18.3. The quantitative estimate of drug-likeness (QED) is 0.534. The Bertz CT molecular complexity index is 978. The van der Waals surface area contributed by atoms with Crippen LogP contribution in [0, 0.1) is 0 Å². The van der Waals surface area contributed by atoms with Gasteiger partial charge in [0.05, 0.1) is 4.90 Å². The minimum Gasteiger partial charge on any atom is -0.455 e. The summed E-state index contributed by atoms with van der Waals surface area (Å²) in [5.74, 6) is -1.77. The standard InChI is InChI=1S/C18H20ClN3O6S2/c1-22(30(26,27)15-6-4-13(19)5-7-15)11-17(24)28-12-16(23)21-18(25)20-9-8-14-3-2-10-29-14/h2-7,10H,8-9,11-12H2,1H3,(H2,20,21,23,25). The number of nitrogens with zero attached hydrogens (tertiary/aromatic N) is 1. The monoisotopic (exact) mass is 473 g/mol. The molecule has 0 aliphatic carbocycles. The van der Waals surface area contributed by atoms with Crippen LogP contribution in [0.3, 0.4) is 0 Å². The van der Waals surface area contributed by atoms with Crippen molar-refractivity contribution in [3.8, 4) is 0 Å². The number of rotatable bonds is 9. The fourth-order valence-electron chi connectivity index (χ4n) is 2.21. The number of ether oxygens (including phenoxy) is 1. The van der Waals surface area contributed by atoms with Gasteiger partial charge in [-0.15, -0.1) is 11.3 Å². The van der Waals surface area contributed by atoms with Crippen LogP contribution in [-0.4, -0.2) is 57.4 Å². The van der Waals surface area contributed by atoms with Crippen molar-refractivity contribution in [1.29, 1.82) is 0 Å². The first kappa shape index (κ1) is 23.8. The van der Waals surface area contributed by atoms with Crippen molar-refractivity contribution >= 4 is 50.9 Å². The number of carbonyl (C=O) groups excluding carboxylic acids is 3. The fourth-order valence-corrected chi connectivity index (χ4v) is 4.16. The predicted molar refractivity (Wildman–Crippen MR) is 112 cm³/mol. The number of benzene rings is 1. The molecule has 0 aliphatic heterocycles. The number of urea groups is 1. The second-order valence-electron chi connectivity index (χ2n) is 6.01. The maximum absolute atomic E-state index is 12.4. The van der Waals surface area contributed by atoms with Crippen molar-refractivity contribution in [2.75, 3.05) is 26.7 Å². The van der Waals surface area contributed by atoms with Crippen LogP contribution in [0.15, 0.2) is 46.7 Å². The SMILES string of the molecule is CN(CC(=O)OCC(=O)NC(=O)NCCc1cccs1)S(=O)(=O)c1ccc(Cl)cc1. The minimum atomic E-state index is -3.93. The lowest BCUT2D eigenvalue weighted by Gasteiger charge is -2.16. The van der Waals surface area contributed by atoms with Crippen LogP contribution in [0.4, 0.5) is 4.79 Å². The third-order valence-corrected chi connectivity index (χ3v) is 6.73.